The fraction of sp³-hybridized carbons (Fsp3) is 1.00. The molecular weight excluding hydrogens is 549 g/mol. The van der Waals surface area contributed by atoms with Crippen LogP contribution in [0.5, 0.6) is 0 Å². The summed E-state index contributed by atoms with van der Waals surface area (Å²) < 4.78 is 41.4. The van der Waals surface area contributed by atoms with Gasteiger partial charge >= 0.3 is 0 Å². The molecule has 4 rings (SSSR count). The molecule has 9 atom stereocenters. The van der Waals surface area contributed by atoms with Gasteiger partial charge in [-0.25, -0.2) is 4.39 Å². The Labute approximate surface area is 264 Å². The van der Waals surface area contributed by atoms with Crippen LogP contribution in [0.1, 0.15) is 94.4 Å². The first-order valence-electron chi connectivity index (χ1n) is 17.1. The van der Waals surface area contributed by atoms with E-state index in [1.165, 1.54) is 25.8 Å². The Hall–Kier alpha value is -0.390. The summed E-state index contributed by atoms with van der Waals surface area (Å²) in [6.45, 7) is 23.5. The number of likely N-dealkylation sites (N-methyl/N-ethyl adjacent to an activating group) is 2. The summed E-state index contributed by atoms with van der Waals surface area (Å²) in [5.41, 5.74) is 0. The van der Waals surface area contributed by atoms with Gasteiger partial charge in [0.05, 0.1) is 55.4 Å². The molecule has 0 aromatic heterocycles. The van der Waals surface area contributed by atoms with Crippen LogP contribution in [0.25, 0.3) is 0 Å². The summed E-state index contributed by atoms with van der Waals surface area (Å²) in [6, 6.07) is 1.90. The Kier molecular flexibility index (Phi) is 17.4. The zero-order valence-corrected chi connectivity index (χ0v) is 29.8. The second-order valence-corrected chi connectivity index (χ2v) is 14.0. The Morgan fingerprint density at radius 3 is 1.79 bits per heavy atom. The first-order chi connectivity index (χ1) is 20.2. The molecule has 4 fully saturated rings. The van der Waals surface area contributed by atoms with Crippen LogP contribution in [0.4, 0.5) is 4.39 Å². The zero-order valence-electron chi connectivity index (χ0n) is 29.8. The lowest BCUT2D eigenvalue weighted by Crippen LogP contribution is -2.45. The molecule has 4 saturated heterocycles. The third-order valence-corrected chi connectivity index (χ3v) is 9.25. The lowest BCUT2D eigenvalue weighted by molar-refractivity contribution is -0.0548. The fourth-order valence-electron chi connectivity index (χ4n) is 7.47. The largest absolute Gasteiger partial charge is 0.380 e. The molecule has 4 aliphatic rings. The number of hydrogen-bond acceptors (Lipinski definition) is 8. The molecule has 256 valence electrons. The van der Waals surface area contributed by atoms with Crippen molar-refractivity contribution >= 4 is 0 Å². The Balaban J connectivity index is 0.000000227. The summed E-state index contributed by atoms with van der Waals surface area (Å²) in [4.78, 5) is 7.01. The van der Waals surface area contributed by atoms with Gasteiger partial charge in [-0.15, -0.1) is 0 Å². The van der Waals surface area contributed by atoms with E-state index in [1.54, 1.807) is 7.11 Å². The van der Waals surface area contributed by atoms with E-state index in [-0.39, 0.29) is 30.5 Å². The minimum atomic E-state index is -0.673. The molecule has 0 aromatic carbocycles. The van der Waals surface area contributed by atoms with Crippen molar-refractivity contribution in [1.29, 1.82) is 0 Å². The van der Waals surface area contributed by atoms with Gasteiger partial charge in [0.2, 0.25) is 0 Å². The third kappa shape index (κ3) is 12.7. The fourth-order valence-corrected chi connectivity index (χ4v) is 7.47. The molecule has 0 amide bonds. The smallest absolute Gasteiger partial charge is 0.114 e. The van der Waals surface area contributed by atoms with Crippen LogP contribution in [-0.4, -0.2) is 142 Å². The van der Waals surface area contributed by atoms with Crippen molar-refractivity contribution < 1.29 is 28.1 Å². The maximum absolute atomic E-state index is 13.0. The SMILES string of the molecule is CC(C)O[C@@H](C)C1CC(F)CN1C.CC(C)O[C@@H](C)C1CCCN1[C@@H]1CCOC1.COC1CCN(C)C1[C@H](C)OC(C)C. The average Bonchev–Trinajstić information content (AvgIpc) is 3.70. The number of alkyl halides is 1. The highest BCUT2D eigenvalue weighted by Crippen LogP contribution is 2.28. The molecule has 4 aliphatic heterocycles. The number of likely N-dealkylation sites (tertiary alicyclic amines) is 3. The van der Waals surface area contributed by atoms with E-state index in [2.05, 4.69) is 63.3 Å². The summed E-state index contributed by atoms with van der Waals surface area (Å²) in [5, 5.41) is 0. The van der Waals surface area contributed by atoms with Crippen LogP contribution < -0.4 is 0 Å². The predicted octanol–water partition coefficient (Wildman–Crippen LogP) is 5.41. The van der Waals surface area contributed by atoms with Gasteiger partial charge in [0, 0.05) is 44.9 Å². The van der Waals surface area contributed by atoms with Crippen LogP contribution in [-0.2, 0) is 23.7 Å². The van der Waals surface area contributed by atoms with E-state index in [9.17, 15) is 4.39 Å². The van der Waals surface area contributed by atoms with Crippen molar-refractivity contribution in [3.63, 3.8) is 0 Å². The lowest BCUT2D eigenvalue weighted by atomic mass is 10.1. The predicted molar refractivity (Wildman–Crippen MR) is 174 cm³/mol. The van der Waals surface area contributed by atoms with E-state index in [0.29, 0.717) is 49.4 Å². The van der Waals surface area contributed by atoms with Gasteiger partial charge in [0.1, 0.15) is 6.17 Å². The van der Waals surface area contributed by atoms with Gasteiger partial charge in [-0.1, -0.05) is 0 Å². The summed E-state index contributed by atoms with van der Waals surface area (Å²) in [7, 11) is 5.90. The van der Waals surface area contributed by atoms with Crippen molar-refractivity contribution in [2.45, 2.75) is 167 Å². The van der Waals surface area contributed by atoms with Crippen molar-refractivity contribution in [2.75, 3.05) is 54.1 Å². The Morgan fingerprint density at radius 1 is 0.721 bits per heavy atom. The number of ether oxygens (including phenoxy) is 5. The van der Waals surface area contributed by atoms with Crippen molar-refractivity contribution in [3.8, 4) is 0 Å². The van der Waals surface area contributed by atoms with Crippen LogP contribution in [0.3, 0.4) is 0 Å². The molecular formula is C34H68FN3O5. The molecule has 5 unspecified atom stereocenters. The van der Waals surface area contributed by atoms with E-state index in [4.69, 9.17) is 23.7 Å². The minimum Gasteiger partial charge on any atom is -0.380 e. The van der Waals surface area contributed by atoms with Crippen molar-refractivity contribution in [1.82, 2.24) is 14.7 Å². The van der Waals surface area contributed by atoms with Gasteiger partial charge in [-0.3, -0.25) is 14.7 Å². The van der Waals surface area contributed by atoms with Crippen molar-refractivity contribution in [3.05, 3.63) is 0 Å². The first kappa shape index (κ1) is 38.8. The van der Waals surface area contributed by atoms with Crippen LogP contribution >= 0.6 is 0 Å². The van der Waals surface area contributed by atoms with Gasteiger partial charge in [0.15, 0.2) is 0 Å². The molecule has 0 bridgehead atoms. The normalized spacial score (nSPS) is 32.7. The molecule has 0 spiro atoms. The Morgan fingerprint density at radius 2 is 1.30 bits per heavy atom. The van der Waals surface area contributed by atoms with E-state index < -0.39 is 6.17 Å². The monoisotopic (exact) mass is 618 g/mol. The highest BCUT2D eigenvalue weighted by Gasteiger charge is 2.38. The van der Waals surface area contributed by atoms with Crippen LogP contribution in [0.2, 0.25) is 0 Å². The molecule has 0 aromatic rings. The van der Waals surface area contributed by atoms with Crippen molar-refractivity contribution in [2.24, 2.45) is 0 Å². The van der Waals surface area contributed by atoms with Gasteiger partial charge < -0.3 is 23.7 Å². The summed E-state index contributed by atoms with van der Waals surface area (Å²) in [6.07, 6.45) is 6.75. The number of nitrogens with zero attached hydrogens (tertiary/aromatic N) is 3. The molecule has 43 heavy (non-hydrogen) atoms. The standard InChI is InChI=1S/C13H25NO2.C11H23NO2.C10H20FNO/c1-10(2)16-11(3)13-5-4-7-14(13)12-6-8-15-9-12;1-8(2)14-9(3)11-10(13-5)6-7-12(11)4;1-7(2)13-8(3)10-5-9(11)6-12(10)4/h10-13H,4-9H2,1-3H3;8-11H,6-7H2,1-5H3;7-10H,5-6H2,1-4H3/t11-,12+,13?;9-,10?,11?;8-,9?,10?/m000/s1. The number of halogens is 1. The molecule has 0 aliphatic carbocycles. The lowest BCUT2D eigenvalue weighted by Gasteiger charge is -2.34. The molecule has 0 saturated carbocycles. The highest BCUT2D eigenvalue weighted by atomic mass is 19.1. The maximum atomic E-state index is 13.0. The van der Waals surface area contributed by atoms with Gasteiger partial charge in [0.25, 0.3) is 0 Å². The quantitative estimate of drug-likeness (QED) is 0.305. The second kappa shape index (κ2) is 19.3. The van der Waals surface area contributed by atoms with E-state index >= 15 is 0 Å². The number of methoxy groups -OCH3 is 1. The molecule has 0 N–H and O–H groups in total. The van der Waals surface area contributed by atoms with Gasteiger partial charge in [-0.05, 0) is 115 Å². The number of hydrogen-bond donors (Lipinski definition) is 0. The topological polar surface area (TPSA) is 55.9 Å². The number of rotatable bonds is 11. The molecule has 0 radical (unpaired) electrons. The van der Waals surface area contributed by atoms with Gasteiger partial charge in [-0.2, -0.15) is 0 Å². The first-order valence-corrected chi connectivity index (χ1v) is 17.1. The Bertz CT molecular complexity index is 741. The zero-order chi connectivity index (χ0) is 32.3. The molecule has 9 heteroatoms. The average molecular weight is 618 g/mol. The maximum Gasteiger partial charge on any atom is 0.114 e. The van der Waals surface area contributed by atoms with Crippen LogP contribution in [0.15, 0.2) is 0 Å². The van der Waals surface area contributed by atoms with E-state index in [1.807, 2.05) is 27.8 Å². The molecule has 8 nitrogen and oxygen atoms in total. The molecule has 4 heterocycles. The summed E-state index contributed by atoms with van der Waals surface area (Å²) in [5.74, 6) is 0. The third-order valence-electron chi connectivity index (χ3n) is 9.25. The second-order valence-electron chi connectivity index (χ2n) is 14.0. The summed E-state index contributed by atoms with van der Waals surface area (Å²) >= 11 is 0. The minimum absolute atomic E-state index is 0.130. The van der Waals surface area contributed by atoms with Crippen LogP contribution in [0, 0.1) is 0 Å². The highest BCUT2D eigenvalue weighted by molar-refractivity contribution is 4.91. The van der Waals surface area contributed by atoms with E-state index in [0.717, 1.165) is 26.2 Å².